The van der Waals surface area contributed by atoms with Gasteiger partial charge in [-0.05, 0) is 42.8 Å². The van der Waals surface area contributed by atoms with Crippen molar-refractivity contribution in [3.63, 3.8) is 0 Å². The van der Waals surface area contributed by atoms with Crippen molar-refractivity contribution >= 4 is 15.9 Å². The first-order chi connectivity index (χ1) is 7.99. The third-order valence-electron chi connectivity index (χ3n) is 2.38. The molecule has 4 heteroatoms. The number of rotatable bonds is 1. The second-order valence-corrected chi connectivity index (χ2v) is 4.58. The number of aryl methyl sites for hydroxylation is 1. The third-order valence-corrected chi connectivity index (χ3v) is 3.08. The van der Waals surface area contributed by atoms with Crippen LogP contribution in [0.1, 0.15) is 5.56 Å². The van der Waals surface area contributed by atoms with E-state index < -0.39 is 17.5 Å². The molecule has 0 amide bonds. The van der Waals surface area contributed by atoms with E-state index in [1.807, 2.05) is 0 Å². The van der Waals surface area contributed by atoms with E-state index in [0.29, 0.717) is 10.0 Å². The molecule has 0 N–H and O–H groups in total. The summed E-state index contributed by atoms with van der Waals surface area (Å²) >= 11 is 3.15. The molecule has 0 spiro atoms. The Labute approximate surface area is 105 Å². The molecule has 2 aromatic rings. The lowest BCUT2D eigenvalue weighted by Gasteiger charge is -2.08. The Morgan fingerprint density at radius 1 is 0.941 bits per heavy atom. The van der Waals surface area contributed by atoms with Crippen LogP contribution in [0.5, 0.6) is 0 Å². The molecule has 0 aliphatic heterocycles. The van der Waals surface area contributed by atoms with Gasteiger partial charge in [-0.15, -0.1) is 0 Å². The standard InChI is InChI=1S/C13H8BrF3/c1-7-4-11(16)13(12(17)5-7)9-6-8(15)2-3-10(9)14/h2-6H,1H3. The van der Waals surface area contributed by atoms with Crippen molar-refractivity contribution in [2.24, 2.45) is 0 Å². The van der Waals surface area contributed by atoms with E-state index in [1.54, 1.807) is 6.92 Å². The van der Waals surface area contributed by atoms with Gasteiger partial charge in [0.2, 0.25) is 0 Å². The van der Waals surface area contributed by atoms with Crippen LogP contribution in [0.25, 0.3) is 11.1 Å². The maximum atomic E-state index is 13.7. The highest BCUT2D eigenvalue weighted by Crippen LogP contribution is 2.33. The molecule has 0 fully saturated rings. The van der Waals surface area contributed by atoms with Crippen LogP contribution in [0, 0.1) is 24.4 Å². The zero-order chi connectivity index (χ0) is 12.6. The number of benzene rings is 2. The van der Waals surface area contributed by atoms with E-state index in [-0.39, 0.29) is 11.1 Å². The fourth-order valence-electron chi connectivity index (χ4n) is 1.65. The van der Waals surface area contributed by atoms with Gasteiger partial charge in [0.1, 0.15) is 17.5 Å². The van der Waals surface area contributed by atoms with Gasteiger partial charge in [0.25, 0.3) is 0 Å². The lowest BCUT2D eigenvalue weighted by Crippen LogP contribution is -1.93. The van der Waals surface area contributed by atoms with Gasteiger partial charge < -0.3 is 0 Å². The molecule has 17 heavy (non-hydrogen) atoms. The van der Waals surface area contributed by atoms with E-state index in [9.17, 15) is 13.2 Å². The predicted molar refractivity (Wildman–Crippen MR) is 64.2 cm³/mol. The zero-order valence-electron chi connectivity index (χ0n) is 8.90. The molecule has 0 saturated carbocycles. The second-order valence-electron chi connectivity index (χ2n) is 3.73. The minimum atomic E-state index is -0.700. The molecule has 0 radical (unpaired) electrons. The Morgan fingerprint density at radius 2 is 1.53 bits per heavy atom. The summed E-state index contributed by atoms with van der Waals surface area (Å²) < 4.78 is 41.0. The summed E-state index contributed by atoms with van der Waals surface area (Å²) in [5, 5.41) is 0. The summed E-state index contributed by atoms with van der Waals surface area (Å²) in [6.07, 6.45) is 0. The second kappa shape index (κ2) is 4.53. The first-order valence-electron chi connectivity index (χ1n) is 4.90. The van der Waals surface area contributed by atoms with Gasteiger partial charge in [-0.1, -0.05) is 15.9 Å². The smallest absolute Gasteiger partial charge is 0.134 e. The van der Waals surface area contributed by atoms with Crippen LogP contribution >= 0.6 is 15.9 Å². The van der Waals surface area contributed by atoms with Crippen LogP contribution < -0.4 is 0 Å². The third kappa shape index (κ3) is 2.36. The number of hydrogen-bond donors (Lipinski definition) is 0. The van der Waals surface area contributed by atoms with E-state index >= 15 is 0 Å². The minimum Gasteiger partial charge on any atom is -0.207 e. The fraction of sp³-hybridized carbons (Fsp3) is 0.0769. The van der Waals surface area contributed by atoms with Crippen molar-refractivity contribution in [3.8, 4) is 11.1 Å². The molecule has 0 nitrogen and oxygen atoms in total. The van der Waals surface area contributed by atoms with Crippen LogP contribution in [0.4, 0.5) is 13.2 Å². The Bertz CT molecular complexity index is 556. The number of hydrogen-bond acceptors (Lipinski definition) is 0. The van der Waals surface area contributed by atoms with E-state index in [4.69, 9.17) is 0 Å². The Balaban J connectivity index is 2.72. The quantitative estimate of drug-likeness (QED) is 0.707. The highest BCUT2D eigenvalue weighted by atomic mass is 79.9. The van der Waals surface area contributed by atoms with E-state index in [2.05, 4.69) is 15.9 Å². The molecule has 2 aromatic carbocycles. The van der Waals surface area contributed by atoms with Crippen molar-refractivity contribution in [1.29, 1.82) is 0 Å². The van der Waals surface area contributed by atoms with E-state index in [1.165, 1.54) is 24.3 Å². The molecule has 0 aliphatic carbocycles. The maximum absolute atomic E-state index is 13.7. The summed E-state index contributed by atoms with van der Waals surface area (Å²) in [4.78, 5) is 0. The summed E-state index contributed by atoms with van der Waals surface area (Å²) in [6, 6.07) is 6.17. The SMILES string of the molecule is Cc1cc(F)c(-c2cc(F)ccc2Br)c(F)c1. The topological polar surface area (TPSA) is 0 Å². The molecule has 88 valence electrons. The lowest BCUT2D eigenvalue weighted by atomic mass is 10.0. The molecule has 0 saturated heterocycles. The van der Waals surface area contributed by atoms with Crippen LogP contribution in [0.2, 0.25) is 0 Å². The summed E-state index contributed by atoms with van der Waals surface area (Å²) in [7, 11) is 0. The summed E-state index contributed by atoms with van der Waals surface area (Å²) in [5.41, 5.74) is 0.429. The lowest BCUT2D eigenvalue weighted by molar-refractivity contribution is 0.586. The molecular weight excluding hydrogens is 293 g/mol. The highest BCUT2D eigenvalue weighted by molar-refractivity contribution is 9.10. The average Bonchev–Trinajstić information content (AvgIpc) is 2.21. The molecule has 0 atom stereocenters. The van der Waals surface area contributed by atoms with Gasteiger partial charge in [0.15, 0.2) is 0 Å². The molecule has 0 heterocycles. The first-order valence-corrected chi connectivity index (χ1v) is 5.69. The molecular formula is C13H8BrF3. The highest BCUT2D eigenvalue weighted by Gasteiger charge is 2.15. The Morgan fingerprint density at radius 3 is 2.12 bits per heavy atom. The van der Waals surface area contributed by atoms with Crippen molar-refractivity contribution in [2.75, 3.05) is 0 Å². The maximum Gasteiger partial charge on any atom is 0.134 e. The van der Waals surface area contributed by atoms with Gasteiger partial charge in [-0.2, -0.15) is 0 Å². The van der Waals surface area contributed by atoms with Crippen LogP contribution in [-0.2, 0) is 0 Å². The monoisotopic (exact) mass is 300 g/mol. The van der Waals surface area contributed by atoms with Crippen molar-refractivity contribution in [1.82, 2.24) is 0 Å². The van der Waals surface area contributed by atoms with E-state index in [0.717, 1.165) is 6.07 Å². The first kappa shape index (κ1) is 12.2. The Kier molecular flexibility index (Phi) is 3.24. The van der Waals surface area contributed by atoms with Gasteiger partial charge in [0, 0.05) is 10.0 Å². The van der Waals surface area contributed by atoms with Crippen molar-refractivity contribution < 1.29 is 13.2 Å². The largest absolute Gasteiger partial charge is 0.207 e. The normalized spacial score (nSPS) is 10.6. The fourth-order valence-corrected chi connectivity index (χ4v) is 2.09. The summed E-state index contributed by atoms with van der Waals surface area (Å²) in [5.74, 6) is -1.94. The van der Waals surface area contributed by atoms with Crippen LogP contribution in [0.3, 0.4) is 0 Å². The molecule has 0 aromatic heterocycles. The van der Waals surface area contributed by atoms with Gasteiger partial charge >= 0.3 is 0 Å². The summed E-state index contributed by atoms with van der Waals surface area (Å²) in [6.45, 7) is 1.59. The van der Waals surface area contributed by atoms with Crippen LogP contribution in [-0.4, -0.2) is 0 Å². The van der Waals surface area contributed by atoms with Gasteiger partial charge in [0.05, 0.1) is 5.56 Å². The molecule has 0 aliphatic rings. The molecule has 0 bridgehead atoms. The van der Waals surface area contributed by atoms with Crippen molar-refractivity contribution in [2.45, 2.75) is 6.92 Å². The molecule has 2 rings (SSSR count). The average molecular weight is 301 g/mol. The zero-order valence-corrected chi connectivity index (χ0v) is 10.5. The van der Waals surface area contributed by atoms with Crippen LogP contribution in [0.15, 0.2) is 34.8 Å². The van der Waals surface area contributed by atoms with Gasteiger partial charge in [-0.25, -0.2) is 13.2 Å². The minimum absolute atomic E-state index is 0.167. The van der Waals surface area contributed by atoms with Gasteiger partial charge in [-0.3, -0.25) is 0 Å². The molecule has 0 unspecified atom stereocenters. The van der Waals surface area contributed by atoms with Crippen molar-refractivity contribution in [3.05, 3.63) is 57.8 Å². The predicted octanol–water partition coefficient (Wildman–Crippen LogP) is 4.84. The Hall–Kier alpha value is -1.29. The number of halogens is 4.